The number of hydrogen-bond acceptors (Lipinski definition) is 7. The molecule has 11 heteroatoms. The second kappa shape index (κ2) is 11.5. The van der Waals surface area contributed by atoms with E-state index >= 15 is 4.39 Å². The second-order valence-electron chi connectivity index (χ2n) is 11.2. The first-order chi connectivity index (χ1) is 20.6. The summed E-state index contributed by atoms with van der Waals surface area (Å²) < 4.78 is 33.1. The fourth-order valence-electron chi connectivity index (χ4n) is 6.52. The van der Waals surface area contributed by atoms with Crippen LogP contribution in [-0.4, -0.2) is 54.9 Å². The Morgan fingerprint density at radius 2 is 1.93 bits per heavy atom. The van der Waals surface area contributed by atoms with Gasteiger partial charge in [-0.3, -0.25) is 19.6 Å². The monoisotopic (exact) mass is 586 g/mol. The molecule has 6 rings (SSSR count). The molecule has 9 nitrogen and oxygen atoms in total. The molecule has 43 heavy (non-hydrogen) atoms. The van der Waals surface area contributed by atoms with Gasteiger partial charge < -0.3 is 14.2 Å². The summed E-state index contributed by atoms with van der Waals surface area (Å²) in [4.78, 5) is 33.9. The number of urea groups is 1. The van der Waals surface area contributed by atoms with Gasteiger partial charge in [0, 0.05) is 41.5 Å². The molecule has 4 heterocycles. The van der Waals surface area contributed by atoms with E-state index < -0.39 is 23.1 Å². The average Bonchev–Trinajstić information content (AvgIpc) is 3.66. The number of nitrogens with zero attached hydrogens (tertiary/aromatic N) is 4. The molecule has 3 fully saturated rings. The van der Waals surface area contributed by atoms with E-state index in [0.29, 0.717) is 58.6 Å². The SMILES string of the molecule is CC.COc1ccc(CN2C(=O)CCN(c3cc4c(F)c(C56CCB(C#N)CC5(C)O6)ccc4nc3C)C2=O)c(OC)c1. The van der Waals surface area contributed by atoms with Crippen molar-refractivity contribution in [3.8, 4) is 17.5 Å². The molecule has 3 aliphatic rings. The topological polar surface area (TPSA) is 108 Å². The number of methoxy groups -OCH3 is 2. The third-order valence-corrected chi connectivity index (χ3v) is 8.83. The molecule has 1 aromatic heterocycles. The van der Waals surface area contributed by atoms with Gasteiger partial charge in [0.05, 0.1) is 43.3 Å². The lowest BCUT2D eigenvalue weighted by atomic mass is 9.39. The van der Waals surface area contributed by atoms with Gasteiger partial charge in [-0.05, 0) is 50.9 Å². The highest BCUT2D eigenvalue weighted by molar-refractivity contribution is 6.67. The number of aromatic nitrogens is 1. The van der Waals surface area contributed by atoms with Gasteiger partial charge in [0.1, 0.15) is 22.9 Å². The number of benzene rings is 2. The summed E-state index contributed by atoms with van der Waals surface area (Å²) in [5.74, 6) is 2.68. The molecule has 3 amide bonds. The smallest absolute Gasteiger partial charge is 0.331 e. The van der Waals surface area contributed by atoms with Gasteiger partial charge in [-0.1, -0.05) is 26.2 Å². The van der Waals surface area contributed by atoms with E-state index in [0.717, 1.165) is 0 Å². The Morgan fingerprint density at radius 3 is 2.60 bits per heavy atom. The number of aryl methyl sites for hydroxylation is 1. The predicted molar refractivity (Wildman–Crippen MR) is 162 cm³/mol. The standard InChI is InChI=1S/C30H30BFN4O5.C2H6/c1-18-24(35-12-9-26(37)36(28(35)38)15-19-5-6-20(39-3)13-25(19)40-4)14-21-23(34-18)8-7-22(27(21)32)30-10-11-31(17-33)16-29(30,2)41-30;1-2/h5-8,13-14H,9-12,15-16H2,1-4H3;1-2H3. The van der Waals surface area contributed by atoms with Crippen molar-refractivity contribution in [2.45, 2.75) is 70.9 Å². The number of epoxide rings is 1. The van der Waals surface area contributed by atoms with Crippen LogP contribution < -0.4 is 14.4 Å². The van der Waals surface area contributed by atoms with E-state index in [1.165, 1.54) is 16.9 Å². The number of fused-ring (bicyclic) bond motifs is 2. The van der Waals surface area contributed by atoms with Crippen molar-refractivity contribution in [3.05, 3.63) is 59.0 Å². The number of imide groups is 1. The maximum absolute atomic E-state index is 16.2. The zero-order valence-electron chi connectivity index (χ0n) is 25.5. The van der Waals surface area contributed by atoms with E-state index in [2.05, 4.69) is 11.0 Å². The van der Waals surface area contributed by atoms with E-state index in [1.807, 2.05) is 20.8 Å². The van der Waals surface area contributed by atoms with Gasteiger partial charge in [-0.15, -0.1) is 0 Å². The quantitative estimate of drug-likeness (QED) is 0.256. The molecule has 0 saturated carbocycles. The molecule has 2 aromatic carbocycles. The van der Waals surface area contributed by atoms with Crippen LogP contribution in [0.1, 0.15) is 50.4 Å². The van der Waals surface area contributed by atoms with Gasteiger partial charge in [-0.25, -0.2) is 14.4 Å². The van der Waals surface area contributed by atoms with Crippen LogP contribution in [0.25, 0.3) is 10.9 Å². The van der Waals surface area contributed by atoms with Crippen molar-refractivity contribution in [2.24, 2.45) is 0 Å². The second-order valence-corrected chi connectivity index (χ2v) is 11.2. The first kappa shape index (κ1) is 30.3. The van der Waals surface area contributed by atoms with E-state index in [4.69, 9.17) is 14.2 Å². The Hall–Kier alpha value is -4.17. The molecule has 0 N–H and O–H groups in total. The number of nitriles is 1. The number of amides is 3. The summed E-state index contributed by atoms with van der Waals surface area (Å²) in [6.07, 6.45) is 1.88. The molecular formula is C32H36BFN4O5. The predicted octanol–water partition coefficient (Wildman–Crippen LogP) is 6.03. The Bertz CT molecular complexity index is 1640. The van der Waals surface area contributed by atoms with Crippen LogP contribution in [0, 0.1) is 24.0 Å². The largest absolute Gasteiger partial charge is 0.497 e. The third kappa shape index (κ3) is 4.97. The van der Waals surface area contributed by atoms with Crippen LogP contribution in [0.15, 0.2) is 36.4 Å². The van der Waals surface area contributed by atoms with Gasteiger partial charge in [-0.2, -0.15) is 0 Å². The van der Waals surface area contributed by atoms with Gasteiger partial charge in [0.15, 0.2) is 0 Å². The molecule has 3 saturated heterocycles. The normalized spacial score (nSPS) is 22.9. The Labute approximate surface area is 251 Å². The van der Waals surface area contributed by atoms with Crippen LogP contribution in [0.4, 0.5) is 14.9 Å². The van der Waals surface area contributed by atoms with Gasteiger partial charge >= 0.3 is 6.03 Å². The highest BCUT2D eigenvalue weighted by atomic mass is 19.1. The maximum Gasteiger partial charge on any atom is 0.331 e. The molecule has 2 atom stereocenters. The Kier molecular flexibility index (Phi) is 8.10. The van der Waals surface area contributed by atoms with E-state index in [1.54, 1.807) is 50.4 Å². The van der Waals surface area contributed by atoms with Crippen LogP contribution in [-0.2, 0) is 21.7 Å². The number of anilines is 1. The molecule has 3 aromatic rings. The van der Waals surface area contributed by atoms with Crippen LogP contribution in [0.5, 0.6) is 11.5 Å². The Morgan fingerprint density at radius 1 is 1.16 bits per heavy atom. The molecule has 0 bridgehead atoms. The minimum atomic E-state index is -0.773. The lowest BCUT2D eigenvalue weighted by Gasteiger charge is -2.35. The molecular weight excluding hydrogens is 550 g/mol. The minimum Gasteiger partial charge on any atom is -0.497 e. The minimum absolute atomic E-state index is 0.0159. The van der Waals surface area contributed by atoms with E-state index in [9.17, 15) is 14.9 Å². The molecule has 0 spiro atoms. The maximum atomic E-state index is 16.2. The molecule has 0 aliphatic carbocycles. The van der Waals surface area contributed by atoms with Crippen LogP contribution >= 0.6 is 0 Å². The lowest BCUT2D eigenvalue weighted by Crippen LogP contribution is -2.52. The number of pyridine rings is 1. The van der Waals surface area contributed by atoms with E-state index in [-0.39, 0.29) is 37.5 Å². The molecule has 3 aliphatic heterocycles. The third-order valence-electron chi connectivity index (χ3n) is 8.83. The Balaban J connectivity index is 0.00000180. The van der Waals surface area contributed by atoms with Crippen molar-refractivity contribution in [1.29, 1.82) is 5.26 Å². The number of carbonyl (C=O) groups excluding carboxylic acids is 2. The fraction of sp³-hybridized carbons (Fsp3) is 0.438. The van der Waals surface area contributed by atoms with Gasteiger partial charge in [0.2, 0.25) is 5.91 Å². The lowest BCUT2D eigenvalue weighted by molar-refractivity contribution is -0.129. The first-order valence-corrected chi connectivity index (χ1v) is 14.7. The zero-order valence-corrected chi connectivity index (χ0v) is 25.5. The van der Waals surface area contributed by atoms with Crippen molar-refractivity contribution in [3.63, 3.8) is 0 Å². The summed E-state index contributed by atoms with van der Waals surface area (Å²) in [5, 5.41) is 9.69. The summed E-state index contributed by atoms with van der Waals surface area (Å²) in [7, 11) is 3.06. The number of carbonyl (C=O) groups is 2. The highest BCUT2D eigenvalue weighted by Crippen LogP contribution is 2.64. The molecule has 2 unspecified atom stereocenters. The summed E-state index contributed by atoms with van der Waals surface area (Å²) in [6, 6.07) is 9.85. The number of rotatable bonds is 6. The fourth-order valence-corrected chi connectivity index (χ4v) is 6.52. The summed E-state index contributed by atoms with van der Waals surface area (Å²) in [5.41, 5.74) is 1.21. The number of ether oxygens (including phenoxy) is 3. The summed E-state index contributed by atoms with van der Waals surface area (Å²) in [6.45, 7) is 7.77. The summed E-state index contributed by atoms with van der Waals surface area (Å²) >= 11 is 0. The zero-order chi connectivity index (χ0) is 31.1. The average molecular weight is 586 g/mol. The van der Waals surface area contributed by atoms with Crippen LogP contribution in [0.3, 0.4) is 0 Å². The molecule has 224 valence electrons. The number of hydrogen-bond donors (Lipinski definition) is 0. The number of halogens is 1. The van der Waals surface area contributed by atoms with Crippen molar-refractivity contribution < 1.29 is 28.2 Å². The van der Waals surface area contributed by atoms with Crippen molar-refractivity contribution in [2.75, 3.05) is 25.7 Å². The highest BCUT2D eigenvalue weighted by Gasteiger charge is 2.70. The first-order valence-electron chi connectivity index (χ1n) is 14.7. The van der Waals surface area contributed by atoms with Crippen LogP contribution in [0.2, 0.25) is 12.6 Å². The van der Waals surface area contributed by atoms with Crippen molar-refractivity contribution in [1.82, 2.24) is 9.88 Å². The molecule has 0 radical (unpaired) electrons. The van der Waals surface area contributed by atoms with Crippen molar-refractivity contribution >= 4 is 35.2 Å². The van der Waals surface area contributed by atoms with Gasteiger partial charge in [0.25, 0.3) is 6.71 Å².